The van der Waals surface area contributed by atoms with E-state index in [1.807, 2.05) is 7.05 Å². The second kappa shape index (κ2) is 7.77. The van der Waals surface area contributed by atoms with Gasteiger partial charge in [0.25, 0.3) is 0 Å². The molecule has 1 heterocycles. The van der Waals surface area contributed by atoms with E-state index in [4.69, 9.17) is 4.74 Å². The minimum atomic E-state index is 0.180. The van der Waals surface area contributed by atoms with Crippen LogP contribution in [0.3, 0.4) is 0 Å². The van der Waals surface area contributed by atoms with E-state index >= 15 is 0 Å². The van der Waals surface area contributed by atoms with E-state index in [1.54, 1.807) is 0 Å². The van der Waals surface area contributed by atoms with Crippen LogP contribution < -0.4 is 10.6 Å². The minimum absolute atomic E-state index is 0.180. The topological polar surface area (TPSA) is 45.7 Å². The van der Waals surface area contributed by atoms with Crippen molar-refractivity contribution in [3.05, 3.63) is 35.4 Å². The van der Waals surface area contributed by atoms with Crippen LogP contribution in [0.2, 0.25) is 0 Å². The SMILES string of the molecule is CN=C(NCC1Cc2ccccc21)NCC1CCCOC1C(C)(C)C. The highest BCUT2D eigenvalue weighted by atomic mass is 16.5. The predicted octanol–water partition coefficient (Wildman–Crippen LogP) is 3.33. The summed E-state index contributed by atoms with van der Waals surface area (Å²) in [6, 6.07) is 8.73. The first kappa shape index (κ1) is 18.2. The third-order valence-electron chi connectivity index (χ3n) is 5.53. The lowest BCUT2D eigenvalue weighted by molar-refractivity contribution is -0.0835. The normalized spacial score (nSPS) is 26.6. The number of guanidine groups is 1. The van der Waals surface area contributed by atoms with Gasteiger partial charge >= 0.3 is 0 Å². The summed E-state index contributed by atoms with van der Waals surface area (Å²) in [7, 11) is 1.85. The van der Waals surface area contributed by atoms with Crippen molar-refractivity contribution in [3.8, 4) is 0 Å². The third kappa shape index (κ3) is 4.35. The van der Waals surface area contributed by atoms with E-state index in [1.165, 1.54) is 24.0 Å². The average molecular weight is 344 g/mol. The van der Waals surface area contributed by atoms with Crippen molar-refractivity contribution in [2.45, 2.75) is 52.1 Å². The summed E-state index contributed by atoms with van der Waals surface area (Å²) >= 11 is 0. The highest BCUT2D eigenvalue weighted by Crippen LogP contribution is 2.34. The summed E-state index contributed by atoms with van der Waals surface area (Å²) in [5.74, 6) is 2.05. The van der Waals surface area contributed by atoms with Crippen molar-refractivity contribution in [2.24, 2.45) is 16.3 Å². The Morgan fingerprint density at radius 2 is 1.96 bits per heavy atom. The molecule has 138 valence electrons. The standard InChI is InChI=1S/C21H33N3O/c1-21(2,3)19-16(9-7-11-25-19)13-23-20(22-4)24-14-17-12-15-8-5-6-10-18(15)17/h5-6,8,10,16-17,19H,7,9,11-14H2,1-4H3,(H2,22,23,24). The van der Waals surface area contributed by atoms with E-state index in [2.05, 4.69) is 60.7 Å². The summed E-state index contributed by atoms with van der Waals surface area (Å²) in [4.78, 5) is 4.40. The number of hydrogen-bond acceptors (Lipinski definition) is 2. The van der Waals surface area contributed by atoms with Gasteiger partial charge in [0.15, 0.2) is 5.96 Å². The van der Waals surface area contributed by atoms with Crippen molar-refractivity contribution in [1.29, 1.82) is 0 Å². The van der Waals surface area contributed by atoms with Crippen molar-refractivity contribution in [2.75, 3.05) is 26.7 Å². The third-order valence-corrected chi connectivity index (χ3v) is 5.53. The van der Waals surface area contributed by atoms with E-state index < -0.39 is 0 Å². The number of ether oxygens (including phenoxy) is 1. The molecule has 1 aromatic rings. The lowest BCUT2D eigenvalue weighted by Crippen LogP contribution is -2.48. The molecular weight excluding hydrogens is 310 g/mol. The molecule has 1 aromatic carbocycles. The molecule has 2 aliphatic rings. The maximum absolute atomic E-state index is 6.08. The van der Waals surface area contributed by atoms with Crippen LogP contribution in [0.5, 0.6) is 0 Å². The zero-order valence-electron chi connectivity index (χ0n) is 16.1. The molecule has 25 heavy (non-hydrogen) atoms. The van der Waals surface area contributed by atoms with Gasteiger partial charge in [-0.2, -0.15) is 0 Å². The first-order chi connectivity index (χ1) is 12.0. The molecule has 4 nitrogen and oxygen atoms in total. The van der Waals surface area contributed by atoms with Crippen molar-refractivity contribution < 1.29 is 4.74 Å². The summed E-state index contributed by atoms with van der Waals surface area (Å²) in [5, 5.41) is 7.03. The lowest BCUT2D eigenvalue weighted by Gasteiger charge is -2.40. The number of benzene rings is 1. The Kier molecular flexibility index (Phi) is 5.67. The zero-order valence-corrected chi connectivity index (χ0v) is 16.1. The molecule has 1 aliphatic heterocycles. The van der Waals surface area contributed by atoms with Gasteiger partial charge < -0.3 is 15.4 Å². The predicted molar refractivity (Wildman–Crippen MR) is 104 cm³/mol. The molecule has 0 amide bonds. The number of fused-ring (bicyclic) bond motifs is 1. The van der Waals surface area contributed by atoms with Crippen LogP contribution in [0.1, 0.15) is 50.7 Å². The number of nitrogens with one attached hydrogen (secondary N) is 2. The van der Waals surface area contributed by atoms with E-state index in [9.17, 15) is 0 Å². The fourth-order valence-electron chi connectivity index (χ4n) is 4.22. The molecule has 1 saturated heterocycles. The van der Waals surface area contributed by atoms with Crippen LogP contribution in [0.15, 0.2) is 29.3 Å². The van der Waals surface area contributed by atoms with Crippen molar-refractivity contribution >= 4 is 5.96 Å². The zero-order chi connectivity index (χ0) is 17.9. The highest BCUT2D eigenvalue weighted by molar-refractivity contribution is 5.79. The first-order valence-electron chi connectivity index (χ1n) is 9.63. The number of aliphatic imine (C=N–C) groups is 1. The second-order valence-electron chi connectivity index (χ2n) is 8.49. The largest absolute Gasteiger partial charge is 0.377 e. The van der Waals surface area contributed by atoms with Gasteiger partial charge in [0.05, 0.1) is 6.10 Å². The Morgan fingerprint density at radius 3 is 2.68 bits per heavy atom. The van der Waals surface area contributed by atoms with Gasteiger partial charge in [-0.15, -0.1) is 0 Å². The minimum Gasteiger partial charge on any atom is -0.377 e. The lowest BCUT2D eigenvalue weighted by atomic mass is 9.77. The summed E-state index contributed by atoms with van der Waals surface area (Å²) in [6.45, 7) is 9.58. The van der Waals surface area contributed by atoms with Gasteiger partial charge in [-0.25, -0.2) is 0 Å². The van der Waals surface area contributed by atoms with Gasteiger partial charge in [0, 0.05) is 38.6 Å². The number of hydrogen-bond donors (Lipinski definition) is 2. The summed E-state index contributed by atoms with van der Waals surface area (Å²) in [5.41, 5.74) is 3.16. The Labute approximate surface area is 152 Å². The maximum atomic E-state index is 6.08. The Bertz CT molecular complexity index is 605. The Morgan fingerprint density at radius 1 is 1.20 bits per heavy atom. The smallest absolute Gasteiger partial charge is 0.191 e. The number of rotatable bonds is 4. The van der Waals surface area contributed by atoms with Crippen LogP contribution in [0.25, 0.3) is 0 Å². The molecule has 0 bridgehead atoms. The molecule has 0 radical (unpaired) electrons. The second-order valence-corrected chi connectivity index (χ2v) is 8.49. The Hall–Kier alpha value is -1.55. The molecule has 0 saturated carbocycles. The van der Waals surface area contributed by atoms with Crippen LogP contribution in [-0.2, 0) is 11.2 Å². The van der Waals surface area contributed by atoms with Crippen LogP contribution in [-0.4, -0.2) is 38.8 Å². The van der Waals surface area contributed by atoms with E-state index in [0.717, 1.165) is 32.1 Å². The maximum Gasteiger partial charge on any atom is 0.191 e. The quantitative estimate of drug-likeness (QED) is 0.651. The Balaban J connectivity index is 1.48. The van der Waals surface area contributed by atoms with Gasteiger partial charge in [-0.3, -0.25) is 4.99 Å². The van der Waals surface area contributed by atoms with Gasteiger partial charge in [-0.1, -0.05) is 45.0 Å². The van der Waals surface area contributed by atoms with Gasteiger partial charge in [0.1, 0.15) is 0 Å². The molecule has 3 atom stereocenters. The monoisotopic (exact) mass is 343 g/mol. The first-order valence-corrected chi connectivity index (χ1v) is 9.63. The summed E-state index contributed by atoms with van der Waals surface area (Å²) in [6.07, 6.45) is 3.86. The molecule has 0 aromatic heterocycles. The van der Waals surface area contributed by atoms with Crippen LogP contribution in [0, 0.1) is 11.3 Å². The van der Waals surface area contributed by atoms with Crippen LogP contribution >= 0.6 is 0 Å². The molecule has 2 N–H and O–H groups in total. The number of nitrogens with zero attached hydrogens (tertiary/aromatic N) is 1. The molecule has 3 rings (SSSR count). The van der Waals surface area contributed by atoms with Crippen molar-refractivity contribution in [1.82, 2.24) is 10.6 Å². The van der Waals surface area contributed by atoms with Crippen LogP contribution in [0.4, 0.5) is 0 Å². The molecule has 1 aliphatic carbocycles. The average Bonchev–Trinajstić information content (AvgIpc) is 2.58. The highest BCUT2D eigenvalue weighted by Gasteiger charge is 2.35. The van der Waals surface area contributed by atoms with Crippen molar-refractivity contribution in [3.63, 3.8) is 0 Å². The molecular formula is C21H33N3O. The van der Waals surface area contributed by atoms with Gasteiger partial charge in [-0.05, 0) is 35.8 Å². The fourth-order valence-corrected chi connectivity index (χ4v) is 4.22. The molecule has 1 fully saturated rings. The molecule has 0 spiro atoms. The van der Waals surface area contributed by atoms with E-state index in [-0.39, 0.29) is 5.41 Å². The summed E-state index contributed by atoms with van der Waals surface area (Å²) < 4.78 is 6.08. The fraction of sp³-hybridized carbons (Fsp3) is 0.667. The molecule has 3 unspecified atom stereocenters. The van der Waals surface area contributed by atoms with Gasteiger partial charge in [0.2, 0.25) is 0 Å². The van der Waals surface area contributed by atoms with E-state index in [0.29, 0.717) is 17.9 Å². The molecule has 4 heteroatoms.